The van der Waals surface area contributed by atoms with Crippen LogP contribution in [0.1, 0.15) is 31.5 Å². The molecule has 0 unspecified atom stereocenters. The maximum atomic E-state index is 12.6. The van der Waals surface area contributed by atoms with Crippen LogP contribution in [0.5, 0.6) is 0 Å². The first-order valence-corrected chi connectivity index (χ1v) is 9.56. The minimum atomic E-state index is -0.232. The van der Waals surface area contributed by atoms with Crippen molar-refractivity contribution in [3.63, 3.8) is 0 Å². The molecule has 0 saturated carbocycles. The van der Waals surface area contributed by atoms with Gasteiger partial charge in [-0.3, -0.25) is 9.59 Å². The van der Waals surface area contributed by atoms with Crippen molar-refractivity contribution in [1.82, 2.24) is 9.88 Å². The second-order valence-electron chi connectivity index (χ2n) is 6.53. The second kappa shape index (κ2) is 9.87. The first kappa shape index (κ1) is 19.8. The number of anilines is 1. The monoisotopic (exact) mass is 371 g/mol. The molecule has 138 valence electrons. The zero-order valence-corrected chi connectivity index (χ0v) is 16.3. The first-order valence-electron chi connectivity index (χ1n) is 8.68. The average Bonchev–Trinajstić information content (AvgIpc) is 3.01. The summed E-state index contributed by atoms with van der Waals surface area (Å²) in [7, 11) is 0. The van der Waals surface area contributed by atoms with Crippen LogP contribution in [0.25, 0.3) is 6.08 Å². The van der Waals surface area contributed by atoms with E-state index in [0.29, 0.717) is 17.6 Å². The number of nitrogens with zero attached hydrogens (tertiary/aromatic N) is 2. The normalized spacial score (nSPS) is 11.1. The molecule has 0 radical (unpaired) electrons. The maximum absolute atomic E-state index is 12.6. The molecule has 2 aromatic rings. The summed E-state index contributed by atoms with van der Waals surface area (Å²) in [6.07, 6.45) is 4.14. The van der Waals surface area contributed by atoms with Crippen molar-refractivity contribution in [2.75, 3.05) is 18.4 Å². The van der Waals surface area contributed by atoms with Gasteiger partial charge in [-0.1, -0.05) is 44.2 Å². The van der Waals surface area contributed by atoms with Gasteiger partial charge in [-0.15, -0.1) is 11.3 Å². The molecule has 0 aliphatic rings. The molecule has 2 amide bonds. The van der Waals surface area contributed by atoms with Crippen molar-refractivity contribution in [1.29, 1.82) is 0 Å². The summed E-state index contributed by atoms with van der Waals surface area (Å²) >= 11 is 1.38. The van der Waals surface area contributed by atoms with E-state index in [0.717, 1.165) is 17.7 Å². The SMILES string of the molecule is Cc1csc(NC(=O)CN(CCC(C)C)C(=O)C=Cc2ccccc2)n1. The Labute approximate surface area is 158 Å². The van der Waals surface area contributed by atoms with E-state index < -0.39 is 0 Å². The number of rotatable bonds is 8. The molecule has 0 spiro atoms. The van der Waals surface area contributed by atoms with Crippen LogP contribution in [0.4, 0.5) is 5.13 Å². The van der Waals surface area contributed by atoms with Gasteiger partial charge in [0.15, 0.2) is 5.13 Å². The van der Waals surface area contributed by atoms with Crippen molar-refractivity contribution in [3.05, 3.63) is 53.0 Å². The highest BCUT2D eigenvalue weighted by Crippen LogP contribution is 2.14. The van der Waals surface area contributed by atoms with Crippen LogP contribution in [0.15, 0.2) is 41.8 Å². The van der Waals surface area contributed by atoms with Crippen molar-refractivity contribution < 1.29 is 9.59 Å². The van der Waals surface area contributed by atoms with Crippen molar-refractivity contribution >= 4 is 34.4 Å². The molecular formula is C20H25N3O2S. The van der Waals surface area contributed by atoms with E-state index in [2.05, 4.69) is 24.1 Å². The Kier molecular flexibility index (Phi) is 7.53. The second-order valence-corrected chi connectivity index (χ2v) is 7.39. The summed E-state index contributed by atoms with van der Waals surface area (Å²) in [4.78, 5) is 30.7. The highest BCUT2D eigenvalue weighted by atomic mass is 32.1. The van der Waals surface area contributed by atoms with Crippen LogP contribution in [0.2, 0.25) is 0 Å². The lowest BCUT2D eigenvalue weighted by atomic mass is 10.1. The molecule has 1 aromatic carbocycles. The molecule has 0 aliphatic heterocycles. The lowest BCUT2D eigenvalue weighted by Crippen LogP contribution is -2.38. The van der Waals surface area contributed by atoms with Gasteiger partial charge in [0.1, 0.15) is 6.54 Å². The molecule has 0 fully saturated rings. The number of carbonyl (C=O) groups excluding carboxylic acids is 2. The van der Waals surface area contributed by atoms with Crippen LogP contribution in [-0.4, -0.2) is 34.8 Å². The summed E-state index contributed by atoms with van der Waals surface area (Å²) in [5.74, 6) is 0.0533. The fourth-order valence-electron chi connectivity index (χ4n) is 2.26. The number of aromatic nitrogens is 1. The number of amides is 2. The number of aryl methyl sites for hydroxylation is 1. The Morgan fingerprint density at radius 2 is 2.00 bits per heavy atom. The summed E-state index contributed by atoms with van der Waals surface area (Å²) in [6.45, 7) is 6.63. The molecule has 6 heteroatoms. The summed E-state index contributed by atoms with van der Waals surface area (Å²) in [5, 5.41) is 5.19. The zero-order chi connectivity index (χ0) is 18.9. The smallest absolute Gasteiger partial charge is 0.247 e. The van der Waals surface area contributed by atoms with Gasteiger partial charge in [-0.2, -0.15) is 0 Å². The standard InChI is InChI=1S/C20H25N3O2S/c1-15(2)11-12-23(13-18(24)22-20-21-16(3)14-26-20)19(25)10-9-17-7-5-4-6-8-17/h4-10,14-15H,11-13H2,1-3H3,(H,21,22,24). The van der Waals surface area contributed by atoms with Crippen LogP contribution < -0.4 is 5.32 Å². The predicted octanol–water partition coefficient (Wildman–Crippen LogP) is 3.98. The molecule has 1 aromatic heterocycles. The van der Waals surface area contributed by atoms with E-state index in [-0.39, 0.29) is 18.4 Å². The van der Waals surface area contributed by atoms with Gasteiger partial charge < -0.3 is 10.2 Å². The Morgan fingerprint density at radius 3 is 2.62 bits per heavy atom. The lowest BCUT2D eigenvalue weighted by Gasteiger charge is -2.21. The Balaban J connectivity index is 2.00. The van der Waals surface area contributed by atoms with E-state index in [4.69, 9.17) is 0 Å². The first-order chi connectivity index (χ1) is 12.4. The topological polar surface area (TPSA) is 62.3 Å². The van der Waals surface area contributed by atoms with E-state index in [1.54, 1.807) is 11.0 Å². The number of benzene rings is 1. The predicted molar refractivity (Wildman–Crippen MR) is 107 cm³/mol. The van der Waals surface area contributed by atoms with Gasteiger partial charge >= 0.3 is 0 Å². The van der Waals surface area contributed by atoms with E-state index in [9.17, 15) is 9.59 Å². The van der Waals surface area contributed by atoms with Crippen LogP contribution >= 0.6 is 11.3 Å². The number of carbonyl (C=O) groups is 2. The van der Waals surface area contributed by atoms with E-state index in [1.807, 2.05) is 42.6 Å². The minimum Gasteiger partial charge on any atom is -0.330 e. The van der Waals surface area contributed by atoms with Gasteiger partial charge in [0.25, 0.3) is 0 Å². The Bertz CT molecular complexity index is 753. The van der Waals surface area contributed by atoms with E-state index in [1.165, 1.54) is 17.4 Å². The van der Waals surface area contributed by atoms with Crippen LogP contribution in [-0.2, 0) is 9.59 Å². The fourth-order valence-corrected chi connectivity index (χ4v) is 2.97. The third kappa shape index (κ3) is 6.80. The van der Waals surface area contributed by atoms with Gasteiger partial charge in [-0.25, -0.2) is 4.98 Å². The fraction of sp³-hybridized carbons (Fsp3) is 0.350. The molecule has 0 aliphatic carbocycles. The molecule has 26 heavy (non-hydrogen) atoms. The number of thiazole rings is 1. The number of hydrogen-bond acceptors (Lipinski definition) is 4. The quantitative estimate of drug-likeness (QED) is 0.714. The van der Waals surface area contributed by atoms with Crippen LogP contribution in [0, 0.1) is 12.8 Å². The third-order valence-electron chi connectivity index (χ3n) is 3.71. The van der Waals surface area contributed by atoms with Crippen LogP contribution in [0.3, 0.4) is 0 Å². The Hall–Kier alpha value is -2.47. The molecular weight excluding hydrogens is 346 g/mol. The highest BCUT2D eigenvalue weighted by Gasteiger charge is 2.16. The van der Waals surface area contributed by atoms with Gasteiger partial charge in [-0.05, 0) is 30.9 Å². The van der Waals surface area contributed by atoms with Gasteiger partial charge in [0.2, 0.25) is 11.8 Å². The highest BCUT2D eigenvalue weighted by molar-refractivity contribution is 7.13. The van der Waals surface area contributed by atoms with Gasteiger partial charge in [0, 0.05) is 18.0 Å². The maximum Gasteiger partial charge on any atom is 0.247 e. The summed E-state index contributed by atoms with van der Waals surface area (Å²) in [6, 6.07) is 9.63. The molecule has 1 heterocycles. The Morgan fingerprint density at radius 1 is 1.27 bits per heavy atom. The van der Waals surface area contributed by atoms with E-state index >= 15 is 0 Å². The lowest BCUT2D eigenvalue weighted by molar-refractivity contribution is -0.130. The van der Waals surface area contributed by atoms with Crippen molar-refractivity contribution in [3.8, 4) is 0 Å². The number of nitrogens with one attached hydrogen (secondary N) is 1. The van der Waals surface area contributed by atoms with Crippen molar-refractivity contribution in [2.45, 2.75) is 27.2 Å². The van der Waals surface area contributed by atoms with Crippen molar-refractivity contribution in [2.24, 2.45) is 5.92 Å². The summed E-state index contributed by atoms with van der Waals surface area (Å²) < 4.78 is 0. The molecule has 0 saturated heterocycles. The molecule has 5 nitrogen and oxygen atoms in total. The molecule has 1 N–H and O–H groups in total. The third-order valence-corrected chi connectivity index (χ3v) is 4.58. The zero-order valence-electron chi connectivity index (χ0n) is 15.4. The number of hydrogen-bond donors (Lipinski definition) is 1. The van der Waals surface area contributed by atoms with Gasteiger partial charge in [0.05, 0.1) is 5.69 Å². The molecule has 0 atom stereocenters. The summed E-state index contributed by atoms with van der Waals surface area (Å²) in [5.41, 5.74) is 1.82. The molecule has 0 bridgehead atoms. The largest absolute Gasteiger partial charge is 0.330 e. The average molecular weight is 372 g/mol. The minimum absolute atomic E-state index is 0.0172. The molecule has 2 rings (SSSR count).